The molecule has 1 rings (SSSR count). The van der Waals surface area contributed by atoms with Crippen LogP contribution >= 0.6 is 0 Å². The molecular formula is C12H22N4O. The Hall–Kier alpha value is -1.04. The van der Waals surface area contributed by atoms with Crippen molar-refractivity contribution in [3.63, 3.8) is 0 Å². The maximum absolute atomic E-state index is 5.47. The predicted molar refractivity (Wildman–Crippen MR) is 67.8 cm³/mol. The topological polar surface area (TPSA) is 50.3 Å². The van der Waals surface area contributed by atoms with Crippen molar-refractivity contribution in [3.05, 3.63) is 23.8 Å². The van der Waals surface area contributed by atoms with Gasteiger partial charge in [-0.05, 0) is 27.1 Å². The van der Waals surface area contributed by atoms with Crippen LogP contribution in [0.3, 0.4) is 0 Å². The molecule has 0 bridgehead atoms. The second-order valence-corrected chi connectivity index (χ2v) is 4.19. The highest BCUT2D eigenvalue weighted by atomic mass is 16.5. The summed E-state index contributed by atoms with van der Waals surface area (Å²) >= 11 is 0. The monoisotopic (exact) mass is 238 g/mol. The molecule has 0 radical (unpaired) electrons. The second-order valence-electron chi connectivity index (χ2n) is 4.19. The first-order chi connectivity index (χ1) is 8.18. The highest BCUT2D eigenvalue weighted by Gasteiger charge is 1.95. The minimum atomic E-state index is 0.734. The number of rotatable bonds is 8. The third kappa shape index (κ3) is 6.99. The van der Waals surface area contributed by atoms with Crippen LogP contribution in [0.4, 0.5) is 0 Å². The molecule has 1 N–H and O–H groups in total. The minimum Gasteiger partial charge on any atom is -0.379 e. The number of likely N-dealkylation sites (N-methyl/N-ethyl adjacent to an activating group) is 1. The van der Waals surface area contributed by atoms with Crippen LogP contribution < -0.4 is 5.32 Å². The molecule has 0 spiro atoms. The number of nitrogens with zero attached hydrogens (tertiary/aromatic N) is 3. The lowest BCUT2D eigenvalue weighted by atomic mass is 10.4. The molecule has 0 atom stereocenters. The maximum atomic E-state index is 5.47. The Labute approximate surface area is 103 Å². The summed E-state index contributed by atoms with van der Waals surface area (Å²) in [5.41, 5.74) is 1.02. The van der Waals surface area contributed by atoms with E-state index in [1.807, 2.05) is 27.1 Å². The Morgan fingerprint density at radius 2 is 2.18 bits per heavy atom. The molecule has 0 aliphatic carbocycles. The zero-order chi connectivity index (χ0) is 12.5. The summed E-state index contributed by atoms with van der Waals surface area (Å²) < 4.78 is 5.47. The summed E-state index contributed by atoms with van der Waals surface area (Å²) in [5, 5.41) is 3.29. The van der Waals surface area contributed by atoms with Crippen LogP contribution in [0.25, 0.3) is 0 Å². The zero-order valence-electron chi connectivity index (χ0n) is 10.9. The normalized spacial score (nSPS) is 11.1. The predicted octanol–water partition coefficient (Wildman–Crippen LogP) is 0.453. The molecule has 17 heavy (non-hydrogen) atoms. The van der Waals surface area contributed by atoms with E-state index in [0.29, 0.717) is 0 Å². The number of aromatic nitrogens is 2. The lowest BCUT2D eigenvalue weighted by Crippen LogP contribution is -2.23. The Balaban J connectivity index is 2.01. The first-order valence-corrected chi connectivity index (χ1v) is 5.90. The van der Waals surface area contributed by atoms with Crippen LogP contribution in [0.15, 0.2) is 12.3 Å². The van der Waals surface area contributed by atoms with Gasteiger partial charge < -0.3 is 15.0 Å². The summed E-state index contributed by atoms with van der Waals surface area (Å²) in [5.74, 6) is 0.812. The Kier molecular flexibility index (Phi) is 6.69. The van der Waals surface area contributed by atoms with E-state index >= 15 is 0 Å². The smallest absolute Gasteiger partial charge is 0.125 e. The summed E-state index contributed by atoms with van der Waals surface area (Å²) in [7, 11) is 4.08. The van der Waals surface area contributed by atoms with Crippen LogP contribution in [0.5, 0.6) is 0 Å². The third-order valence-electron chi connectivity index (χ3n) is 2.25. The van der Waals surface area contributed by atoms with Gasteiger partial charge in [-0.1, -0.05) is 0 Å². The van der Waals surface area contributed by atoms with Gasteiger partial charge in [0.05, 0.1) is 18.9 Å². The highest BCUT2D eigenvalue weighted by molar-refractivity contribution is 5.00. The molecule has 5 heteroatoms. The third-order valence-corrected chi connectivity index (χ3v) is 2.25. The molecule has 0 aliphatic rings. The van der Waals surface area contributed by atoms with Crippen molar-refractivity contribution in [2.24, 2.45) is 0 Å². The molecule has 0 fully saturated rings. The number of nitrogens with one attached hydrogen (secondary N) is 1. The maximum Gasteiger partial charge on any atom is 0.125 e. The molecule has 1 aromatic rings. The van der Waals surface area contributed by atoms with Crippen molar-refractivity contribution >= 4 is 0 Å². The first kappa shape index (κ1) is 14.0. The number of hydrogen-bond donors (Lipinski definition) is 1. The average Bonchev–Trinajstić information content (AvgIpc) is 2.27. The molecule has 0 saturated heterocycles. The molecular weight excluding hydrogens is 216 g/mol. The van der Waals surface area contributed by atoms with Gasteiger partial charge in [0.25, 0.3) is 0 Å². The van der Waals surface area contributed by atoms with Gasteiger partial charge >= 0.3 is 0 Å². The molecule has 5 nitrogen and oxygen atoms in total. The fourth-order valence-electron chi connectivity index (χ4n) is 1.31. The van der Waals surface area contributed by atoms with Crippen LogP contribution in [-0.2, 0) is 11.3 Å². The van der Waals surface area contributed by atoms with E-state index < -0.39 is 0 Å². The van der Waals surface area contributed by atoms with Gasteiger partial charge in [0.2, 0.25) is 0 Å². The van der Waals surface area contributed by atoms with Gasteiger partial charge in [0.15, 0.2) is 0 Å². The molecule has 0 aliphatic heterocycles. The van der Waals surface area contributed by atoms with Gasteiger partial charge in [0, 0.05) is 25.8 Å². The van der Waals surface area contributed by atoms with Gasteiger partial charge in [-0.2, -0.15) is 0 Å². The Bertz CT molecular complexity index is 317. The van der Waals surface area contributed by atoms with E-state index in [1.54, 1.807) is 6.20 Å². The Morgan fingerprint density at radius 1 is 1.35 bits per heavy atom. The van der Waals surface area contributed by atoms with Crippen molar-refractivity contribution in [2.45, 2.75) is 13.5 Å². The van der Waals surface area contributed by atoms with Crippen molar-refractivity contribution < 1.29 is 4.74 Å². The molecule has 0 amide bonds. The number of aryl methyl sites for hydroxylation is 1. The summed E-state index contributed by atoms with van der Waals surface area (Å²) in [6, 6.07) is 1.92. The van der Waals surface area contributed by atoms with Crippen LogP contribution in [0.2, 0.25) is 0 Å². The number of hydrogen-bond acceptors (Lipinski definition) is 5. The molecule has 1 aromatic heterocycles. The van der Waals surface area contributed by atoms with E-state index in [1.165, 1.54) is 0 Å². The summed E-state index contributed by atoms with van der Waals surface area (Å²) in [4.78, 5) is 10.5. The summed E-state index contributed by atoms with van der Waals surface area (Å²) in [6.45, 7) is 5.98. The van der Waals surface area contributed by atoms with Crippen LogP contribution in [0, 0.1) is 6.92 Å². The van der Waals surface area contributed by atoms with Crippen molar-refractivity contribution in [1.82, 2.24) is 20.2 Å². The van der Waals surface area contributed by atoms with E-state index in [4.69, 9.17) is 4.74 Å². The van der Waals surface area contributed by atoms with Crippen LogP contribution in [0.1, 0.15) is 11.5 Å². The van der Waals surface area contributed by atoms with Gasteiger partial charge in [-0.3, -0.25) is 0 Å². The van der Waals surface area contributed by atoms with Gasteiger partial charge in [0.1, 0.15) is 5.82 Å². The minimum absolute atomic E-state index is 0.734. The fourth-order valence-corrected chi connectivity index (χ4v) is 1.31. The van der Waals surface area contributed by atoms with Crippen molar-refractivity contribution in [1.29, 1.82) is 0 Å². The molecule has 0 unspecified atom stereocenters. The van der Waals surface area contributed by atoms with E-state index in [-0.39, 0.29) is 0 Å². The van der Waals surface area contributed by atoms with Crippen molar-refractivity contribution in [2.75, 3.05) is 40.4 Å². The Morgan fingerprint density at radius 3 is 2.88 bits per heavy atom. The highest BCUT2D eigenvalue weighted by Crippen LogP contribution is 1.93. The average molecular weight is 238 g/mol. The molecule has 96 valence electrons. The molecule has 0 aromatic carbocycles. The molecule has 1 heterocycles. The second kappa shape index (κ2) is 8.11. The first-order valence-electron chi connectivity index (χ1n) is 5.90. The van der Waals surface area contributed by atoms with Crippen LogP contribution in [-0.4, -0.2) is 55.3 Å². The van der Waals surface area contributed by atoms with Gasteiger partial charge in [-0.15, -0.1) is 0 Å². The fraction of sp³-hybridized carbons (Fsp3) is 0.667. The molecule has 0 saturated carbocycles. The lowest BCUT2D eigenvalue weighted by Gasteiger charge is -2.10. The zero-order valence-corrected chi connectivity index (χ0v) is 10.9. The number of ether oxygens (including phenoxy) is 1. The SMILES string of the molecule is Cc1nccc(CNCCOCCN(C)C)n1. The van der Waals surface area contributed by atoms with E-state index in [9.17, 15) is 0 Å². The van der Waals surface area contributed by atoms with Gasteiger partial charge in [-0.25, -0.2) is 9.97 Å². The lowest BCUT2D eigenvalue weighted by molar-refractivity contribution is 0.119. The largest absolute Gasteiger partial charge is 0.379 e. The quantitative estimate of drug-likeness (QED) is 0.667. The standard InChI is InChI=1S/C12H22N4O/c1-11-14-5-4-12(15-11)10-13-6-8-17-9-7-16(2)3/h4-5,13H,6-10H2,1-3H3. The van der Waals surface area contributed by atoms with E-state index in [0.717, 1.165) is 44.4 Å². The van der Waals surface area contributed by atoms with E-state index in [2.05, 4.69) is 20.2 Å². The van der Waals surface area contributed by atoms with Crippen molar-refractivity contribution in [3.8, 4) is 0 Å². The summed E-state index contributed by atoms with van der Waals surface area (Å²) in [6.07, 6.45) is 1.78.